The van der Waals surface area contributed by atoms with Gasteiger partial charge in [-0.1, -0.05) is 13.3 Å². The number of hydrogen-bond acceptors (Lipinski definition) is 3. The molecule has 1 heterocycles. The van der Waals surface area contributed by atoms with Crippen LogP contribution in [-0.2, 0) is 4.74 Å². The van der Waals surface area contributed by atoms with Gasteiger partial charge < -0.3 is 15.0 Å². The van der Waals surface area contributed by atoms with E-state index < -0.39 is 0 Å². The molecule has 1 aliphatic heterocycles. The van der Waals surface area contributed by atoms with Crippen molar-refractivity contribution in [1.82, 2.24) is 10.2 Å². The lowest BCUT2D eigenvalue weighted by molar-refractivity contribution is 0.00914. The van der Waals surface area contributed by atoms with E-state index in [0.717, 1.165) is 25.2 Å². The largest absolute Gasteiger partial charge is 0.378 e. The minimum Gasteiger partial charge on any atom is -0.378 e. The molecule has 0 amide bonds. The summed E-state index contributed by atoms with van der Waals surface area (Å²) in [4.78, 5) is 2.52. The number of hydrogen-bond donors (Lipinski definition) is 1. The molecule has 19 heavy (non-hydrogen) atoms. The SMILES string of the molecule is CCNC1CCC(OCCC2CCCCN2C)CC1. The number of ether oxygens (including phenoxy) is 1. The van der Waals surface area contributed by atoms with Gasteiger partial charge in [0.05, 0.1) is 6.10 Å². The number of piperidine rings is 1. The predicted molar refractivity (Wildman–Crippen MR) is 80.6 cm³/mol. The molecule has 1 aliphatic carbocycles. The predicted octanol–water partition coefficient (Wildman–Crippen LogP) is 2.80. The lowest BCUT2D eigenvalue weighted by Crippen LogP contribution is -2.38. The van der Waals surface area contributed by atoms with Crippen molar-refractivity contribution in [2.24, 2.45) is 0 Å². The third-order valence-corrected chi connectivity index (χ3v) is 4.89. The Kier molecular flexibility index (Phi) is 6.62. The van der Waals surface area contributed by atoms with E-state index in [-0.39, 0.29) is 0 Å². The zero-order valence-corrected chi connectivity index (χ0v) is 12.9. The highest BCUT2D eigenvalue weighted by atomic mass is 16.5. The van der Waals surface area contributed by atoms with Gasteiger partial charge >= 0.3 is 0 Å². The molecule has 3 heteroatoms. The topological polar surface area (TPSA) is 24.5 Å². The van der Waals surface area contributed by atoms with Crippen molar-refractivity contribution in [3.8, 4) is 0 Å². The second-order valence-electron chi connectivity index (χ2n) is 6.32. The summed E-state index contributed by atoms with van der Waals surface area (Å²) in [7, 11) is 2.27. The van der Waals surface area contributed by atoms with Gasteiger partial charge in [-0.3, -0.25) is 0 Å². The van der Waals surface area contributed by atoms with Crippen LogP contribution in [0.4, 0.5) is 0 Å². The van der Waals surface area contributed by atoms with Crippen molar-refractivity contribution in [2.45, 2.75) is 76.5 Å². The summed E-state index contributed by atoms with van der Waals surface area (Å²) in [5.41, 5.74) is 0. The molecular weight excluding hydrogens is 236 g/mol. The monoisotopic (exact) mass is 268 g/mol. The quantitative estimate of drug-likeness (QED) is 0.801. The zero-order chi connectivity index (χ0) is 13.5. The van der Waals surface area contributed by atoms with Gasteiger partial charge in [0.25, 0.3) is 0 Å². The third kappa shape index (κ3) is 5.05. The Balaban J connectivity index is 1.56. The molecular formula is C16H32N2O. The maximum Gasteiger partial charge on any atom is 0.0576 e. The van der Waals surface area contributed by atoms with Crippen LogP contribution in [0.15, 0.2) is 0 Å². The van der Waals surface area contributed by atoms with E-state index in [1.165, 1.54) is 57.9 Å². The van der Waals surface area contributed by atoms with Gasteiger partial charge in [0.15, 0.2) is 0 Å². The molecule has 112 valence electrons. The van der Waals surface area contributed by atoms with E-state index in [1.54, 1.807) is 0 Å². The first-order valence-electron chi connectivity index (χ1n) is 8.34. The Hall–Kier alpha value is -0.120. The van der Waals surface area contributed by atoms with Crippen LogP contribution in [0.1, 0.15) is 58.3 Å². The Bertz CT molecular complexity index is 239. The second kappa shape index (κ2) is 8.23. The molecule has 2 fully saturated rings. The fraction of sp³-hybridized carbons (Fsp3) is 1.00. The molecule has 2 aliphatic rings. The molecule has 2 rings (SSSR count). The van der Waals surface area contributed by atoms with Gasteiger partial charge in [0.2, 0.25) is 0 Å². The third-order valence-electron chi connectivity index (χ3n) is 4.89. The molecule has 1 N–H and O–H groups in total. The molecule has 0 spiro atoms. The van der Waals surface area contributed by atoms with Crippen LogP contribution in [0.3, 0.4) is 0 Å². The highest BCUT2D eigenvalue weighted by Crippen LogP contribution is 2.22. The van der Waals surface area contributed by atoms with Gasteiger partial charge in [-0.05, 0) is 65.1 Å². The van der Waals surface area contributed by atoms with E-state index in [4.69, 9.17) is 4.74 Å². The van der Waals surface area contributed by atoms with E-state index in [0.29, 0.717) is 6.10 Å². The maximum absolute atomic E-state index is 6.11. The molecule has 0 aromatic rings. The first-order chi connectivity index (χ1) is 9.29. The van der Waals surface area contributed by atoms with Gasteiger partial charge in [-0.25, -0.2) is 0 Å². The fourth-order valence-corrected chi connectivity index (χ4v) is 3.60. The molecule has 1 atom stereocenters. The molecule has 0 aromatic carbocycles. The van der Waals surface area contributed by atoms with E-state index in [1.807, 2.05) is 0 Å². The fourth-order valence-electron chi connectivity index (χ4n) is 3.60. The highest BCUT2D eigenvalue weighted by molar-refractivity contribution is 4.78. The second-order valence-corrected chi connectivity index (χ2v) is 6.32. The number of nitrogens with zero attached hydrogens (tertiary/aromatic N) is 1. The standard InChI is InChI=1S/C16H32N2O/c1-3-17-14-7-9-16(10-8-14)19-13-11-15-6-4-5-12-18(15)2/h14-17H,3-13H2,1-2H3. The van der Waals surface area contributed by atoms with Gasteiger partial charge in [0, 0.05) is 18.7 Å². The number of likely N-dealkylation sites (tertiary alicyclic amines) is 1. The summed E-state index contributed by atoms with van der Waals surface area (Å²) in [6.45, 7) is 5.54. The van der Waals surface area contributed by atoms with Crippen molar-refractivity contribution in [3.05, 3.63) is 0 Å². The van der Waals surface area contributed by atoms with Crippen molar-refractivity contribution < 1.29 is 4.74 Å². The first-order valence-corrected chi connectivity index (χ1v) is 8.34. The normalized spacial score (nSPS) is 33.5. The summed E-state index contributed by atoms with van der Waals surface area (Å²) >= 11 is 0. The Morgan fingerprint density at radius 1 is 1.11 bits per heavy atom. The molecule has 1 saturated carbocycles. The average Bonchev–Trinajstić information content (AvgIpc) is 2.43. The summed E-state index contributed by atoms with van der Waals surface area (Å²) < 4.78 is 6.11. The summed E-state index contributed by atoms with van der Waals surface area (Å²) in [5.74, 6) is 0. The molecule has 0 aromatic heterocycles. The summed E-state index contributed by atoms with van der Waals surface area (Å²) in [5, 5.41) is 3.56. The van der Waals surface area contributed by atoms with Crippen LogP contribution in [0.25, 0.3) is 0 Å². The van der Waals surface area contributed by atoms with Crippen LogP contribution in [-0.4, -0.2) is 49.8 Å². The Labute approximate surface area is 119 Å². The zero-order valence-electron chi connectivity index (χ0n) is 12.9. The van der Waals surface area contributed by atoms with E-state index >= 15 is 0 Å². The highest BCUT2D eigenvalue weighted by Gasteiger charge is 2.22. The molecule has 0 bridgehead atoms. The van der Waals surface area contributed by atoms with Gasteiger partial charge in [-0.2, -0.15) is 0 Å². The average molecular weight is 268 g/mol. The molecule has 3 nitrogen and oxygen atoms in total. The Morgan fingerprint density at radius 3 is 2.58 bits per heavy atom. The van der Waals surface area contributed by atoms with Crippen molar-refractivity contribution in [3.63, 3.8) is 0 Å². The van der Waals surface area contributed by atoms with Gasteiger partial charge in [-0.15, -0.1) is 0 Å². The lowest BCUT2D eigenvalue weighted by atomic mass is 9.93. The van der Waals surface area contributed by atoms with Crippen molar-refractivity contribution in [1.29, 1.82) is 0 Å². The lowest BCUT2D eigenvalue weighted by Gasteiger charge is -2.33. The van der Waals surface area contributed by atoms with Gasteiger partial charge in [0.1, 0.15) is 0 Å². The summed E-state index contributed by atoms with van der Waals surface area (Å²) in [6.07, 6.45) is 11.0. The van der Waals surface area contributed by atoms with E-state index in [2.05, 4.69) is 24.2 Å². The van der Waals surface area contributed by atoms with Crippen LogP contribution in [0.5, 0.6) is 0 Å². The molecule has 1 unspecified atom stereocenters. The van der Waals surface area contributed by atoms with Crippen molar-refractivity contribution >= 4 is 0 Å². The minimum atomic E-state index is 0.531. The van der Waals surface area contributed by atoms with E-state index in [9.17, 15) is 0 Å². The van der Waals surface area contributed by atoms with Crippen LogP contribution in [0.2, 0.25) is 0 Å². The number of rotatable bonds is 6. The van der Waals surface area contributed by atoms with Crippen LogP contribution < -0.4 is 5.32 Å². The minimum absolute atomic E-state index is 0.531. The Morgan fingerprint density at radius 2 is 1.89 bits per heavy atom. The van der Waals surface area contributed by atoms with Crippen LogP contribution >= 0.6 is 0 Å². The van der Waals surface area contributed by atoms with Crippen LogP contribution in [0, 0.1) is 0 Å². The molecule has 0 radical (unpaired) electrons. The smallest absolute Gasteiger partial charge is 0.0576 e. The summed E-state index contributed by atoms with van der Waals surface area (Å²) in [6, 6.07) is 1.51. The molecule has 1 saturated heterocycles. The maximum atomic E-state index is 6.11. The first kappa shape index (κ1) is 15.3. The number of nitrogens with one attached hydrogen (secondary N) is 1. The van der Waals surface area contributed by atoms with Crippen molar-refractivity contribution in [2.75, 3.05) is 26.7 Å².